The summed E-state index contributed by atoms with van der Waals surface area (Å²) in [6, 6.07) is 0. The number of nitrogens with zero attached hydrogens (tertiary/aromatic N) is 1. The molecule has 0 saturated carbocycles. The number of carbonyl (C=O) groups is 2. The summed E-state index contributed by atoms with van der Waals surface area (Å²) in [6.07, 6.45) is 102. The number of likely N-dealkylation sites (N-methyl/N-ethyl adjacent to an activating group) is 1. The normalized spacial score (nSPS) is 14.2. The summed E-state index contributed by atoms with van der Waals surface area (Å²) in [5.41, 5.74) is 0. The molecule has 9 nitrogen and oxygen atoms in total. The van der Waals surface area contributed by atoms with E-state index in [-0.39, 0.29) is 32.0 Å². The molecule has 0 rings (SSSR count). The van der Waals surface area contributed by atoms with Gasteiger partial charge in [-0.25, -0.2) is 4.57 Å². The van der Waals surface area contributed by atoms with Crippen molar-refractivity contribution in [2.24, 2.45) is 0 Å². The molecular weight excluding hydrogens is 1110 g/mol. The van der Waals surface area contributed by atoms with Gasteiger partial charge in [0, 0.05) is 12.8 Å². The van der Waals surface area contributed by atoms with E-state index in [4.69, 9.17) is 18.5 Å². The van der Waals surface area contributed by atoms with E-state index in [0.717, 1.165) is 148 Å². The van der Waals surface area contributed by atoms with Gasteiger partial charge < -0.3 is 18.9 Å². The van der Waals surface area contributed by atoms with Gasteiger partial charge in [0.05, 0.1) is 27.7 Å². The zero-order chi connectivity index (χ0) is 64.1. The zero-order valence-corrected chi connectivity index (χ0v) is 57.5. The first-order valence-corrected chi connectivity index (χ1v) is 36.4. The average Bonchev–Trinajstić information content (AvgIpc) is 3.68. The molecule has 0 spiro atoms. The molecule has 88 heavy (non-hydrogen) atoms. The molecule has 0 heterocycles. The fourth-order valence-corrected chi connectivity index (χ4v) is 9.72. The van der Waals surface area contributed by atoms with Gasteiger partial charge in [-0.15, -0.1) is 0 Å². The maximum atomic E-state index is 12.9. The molecule has 0 saturated heterocycles. The summed E-state index contributed by atoms with van der Waals surface area (Å²) in [5, 5.41) is 0. The lowest BCUT2D eigenvalue weighted by Crippen LogP contribution is -2.37. The molecule has 0 aromatic heterocycles. The van der Waals surface area contributed by atoms with Crippen LogP contribution in [0.3, 0.4) is 0 Å². The molecule has 0 aliphatic carbocycles. The SMILES string of the molecule is CC/C=C\C/C=C\C/C=C\C/C=C\C/C=C\C/C=C\C/C=C\C/C=C\CCCCCCCCCCCCCCCCC(=O)OC(COC(=O)CCCCCCCC/C=C\C/C=C\C/C=C\C/C=C\C/C=C\C/C=C\CC)COP(=O)(O)OCC[N+](C)(C)C. The molecule has 0 amide bonds. The van der Waals surface area contributed by atoms with Crippen LogP contribution in [-0.4, -0.2) is 74.9 Å². The van der Waals surface area contributed by atoms with E-state index in [9.17, 15) is 19.0 Å². The van der Waals surface area contributed by atoms with Crippen LogP contribution >= 0.6 is 7.82 Å². The molecule has 498 valence electrons. The summed E-state index contributed by atoms with van der Waals surface area (Å²) in [6.45, 7) is 4.18. The number of hydrogen-bond acceptors (Lipinski definition) is 7. The van der Waals surface area contributed by atoms with Crippen molar-refractivity contribution in [3.63, 3.8) is 0 Å². The van der Waals surface area contributed by atoms with Crippen molar-refractivity contribution in [1.29, 1.82) is 0 Å². The van der Waals surface area contributed by atoms with Gasteiger partial charge in [-0.3, -0.25) is 18.6 Å². The zero-order valence-electron chi connectivity index (χ0n) is 56.6. The van der Waals surface area contributed by atoms with Gasteiger partial charge in [0.25, 0.3) is 0 Å². The number of unbranched alkanes of at least 4 members (excludes halogenated alkanes) is 20. The molecule has 1 N–H and O–H groups in total. The van der Waals surface area contributed by atoms with Crippen molar-refractivity contribution in [3.8, 4) is 0 Å². The first-order valence-electron chi connectivity index (χ1n) is 34.9. The van der Waals surface area contributed by atoms with Crippen molar-refractivity contribution in [2.75, 3.05) is 47.5 Å². The fraction of sp³-hybridized carbons (Fsp3) is 0.615. The Hall–Kier alpha value is -4.63. The number of ether oxygens (including phenoxy) is 2. The lowest BCUT2D eigenvalue weighted by atomic mass is 10.0. The summed E-state index contributed by atoms with van der Waals surface area (Å²) in [4.78, 5) is 35.9. The molecule has 0 aliphatic rings. The molecule has 2 unspecified atom stereocenters. The van der Waals surface area contributed by atoms with Crippen LogP contribution in [0, 0.1) is 0 Å². The largest absolute Gasteiger partial charge is 0.472 e. The minimum atomic E-state index is -4.41. The average molecular weight is 1240 g/mol. The Bertz CT molecular complexity index is 2090. The first kappa shape index (κ1) is 83.4. The third-order valence-electron chi connectivity index (χ3n) is 14.2. The maximum Gasteiger partial charge on any atom is 0.472 e. The van der Waals surface area contributed by atoms with Crippen molar-refractivity contribution >= 4 is 19.8 Å². The van der Waals surface area contributed by atoms with E-state index in [0.29, 0.717) is 23.9 Å². The predicted octanol–water partition coefficient (Wildman–Crippen LogP) is 22.9. The van der Waals surface area contributed by atoms with Gasteiger partial charge in [-0.1, -0.05) is 287 Å². The third kappa shape index (κ3) is 70.5. The number of phosphoric acid groups is 1. The van der Waals surface area contributed by atoms with Crippen molar-refractivity contribution in [3.05, 3.63) is 170 Å². The second-order valence-corrected chi connectivity index (χ2v) is 25.3. The molecule has 0 aliphatic heterocycles. The Morgan fingerprint density at radius 3 is 0.909 bits per heavy atom. The monoisotopic (exact) mass is 1240 g/mol. The molecule has 10 heteroatoms. The number of esters is 2. The summed E-state index contributed by atoms with van der Waals surface area (Å²) >= 11 is 0. The van der Waals surface area contributed by atoms with Gasteiger partial charge in [0.1, 0.15) is 19.8 Å². The molecule has 2 atom stereocenters. The Labute approximate surface area is 540 Å². The highest BCUT2D eigenvalue weighted by Crippen LogP contribution is 2.43. The standard InChI is InChI=1S/C78H128NO8P/c1-6-8-10-12-14-16-18-20-22-24-26-28-30-32-33-34-35-36-37-38-39-40-41-42-43-44-45-47-49-51-53-55-57-59-61-63-65-67-69-71-78(81)87-76(75-86-88(82,83)85-73-72-79(3,4)5)74-84-77(80)70-68-66-64-62-60-58-56-54-52-50-48-46-31-29-27-25-23-21-19-17-15-13-11-9-7-2/h8-11,14-17,20-23,26-29,32-33,35-36,38-39,41-42,46,48,52,54,76H,6-7,12-13,18-19,24-25,30-31,34,37,40,43-45,47,49-51,53,55-75H2,1-5H3/p+1/b10-8-,11-9-,16-14-,17-15-,22-20-,23-21-,28-26-,29-27-,33-32-,36-35-,39-38-,42-41-,48-46-,54-52-. The fourth-order valence-electron chi connectivity index (χ4n) is 8.98. The van der Waals surface area contributed by atoms with Crippen LogP contribution in [0.1, 0.15) is 258 Å². The molecule has 0 aromatic carbocycles. The highest BCUT2D eigenvalue weighted by Gasteiger charge is 2.27. The lowest BCUT2D eigenvalue weighted by Gasteiger charge is -2.24. The third-order valence-corrected chi connectivity index (χ3v) is 15.2. The quantitative estimate of drug-likeness (QED) is 0.0211. The lowest BCUT2D eigenvalue weighted by molar-refractivity contribution is -0.870. The van der Waals surface area contributed by atoms with Crippen LogP contribution in [0.25, 0.3) is 0 Å². The Morgan fingerprint density at radius 2 is 0.614 bits per heavy atom. The first-order chi connectivity index (χ1) is 43.0. The highest BCUT2D eigenvalue weighted by atomic mass is 31.2. The summed E-state index contributed by atoms with van der Waals surface area (Å²) in [7, 11) is 1.45. The van der Waals surface area contributed by atoms with Gasteiger partial charge in [-0.2, -0.15) is 0 Å². The maximum absolute atomic E-state index is 12.9. The van der Waals surface area contributed by atoms with E-state index in [1.165, 1.54) is 70.6 Å². The highest BCUT2D eigenvalue weighted by molar-refractivity contribution is 7.47. The number of carbonyl (C=O) groups excluding carboxylic acids is 2. The Morgan fingerprint density at radius 1 is 0.352 bits per heavy atom. The van der Waals surface area contributed by atoms with Crippen LogP contribution in [0.2, 0.25) is 0 Å². The molecule has 0 radical (unpaired) electrons. The number of allylic oxidation sites excluding steroid dienone is 28. The molecule has 0 fully saturated rings. The van der Waals surface area contributed by atoms with Crippen LogP contribution < -0.4 is 0 Å². The van der Waals surface area contributed by atoms with E-state index < -0.39 is 26.5 Å². The number of rotatable bonds is 62. The van der Waals surface area contributed by atoms with Gasteiger partial charge >= 0.3 is 19.8 Å². The minimum absolute atomic E-state index is 0.0208. The smallest absolute Gasteiger partial charge is 0.462 e. The Kier molecular flexibility index (Phi) is 63.3. The van der Waals surface area contributed by atoms with Crippen LogP contribution in [0.4, 0.5) is 0 Å². The number of hydrogen-bond donors (Lipinski definition) is 1. The van der Waals surface area contributed by atoms with Crippen LogP contribution in [0.5, 0.6) is 0 Å². The summed E-state index contributed by atoms with van der Waals surface area (Å²) < 4.78 is 34.7. The van der Waals surface area contributed by atoms with Crippen molar-refractivity contribution in [1.82, 2.24) is 0 Å². The van der Waals surface area contributed by atoms with Crippen LogP contribution in [0.15, 0.2) is 170 Å². The van der Waals surface area contributed by atoms with E-state index in [2.05, 4.69) is 184 Å². The van der Waals surface area contributed by atoms with Gasteiger partial charge in [-0.05, 0) is 128 Å². The second kappa shape index (κ2) is 66.8. The van der Waals surface area contributed by atoms with Gasteiger partial charge in [0.15, 0.2) is 6.10 Å². The van der Waals surface area contributed by atoms with E-state index >= 15 is 0 Å². The minimum Gasteiger partial charge on any atom is -0.462 e. The van der Waals surface area contributed by atoms with Crippen molar-refractivity contribution < 1.29 is 42.1 Å². The number of quaternary nitrogens is 1. The second-order valence-electron chi connectivity index (χ2n) is 23.8. The number of phosphoric ester groups is 1. The topological polar surface area (TPSA) is 108 Å². The van der Waals surface area contributed by atoms with E-state index in [1.807, 2.05) is 21.1 Å². The predicted molar refractivity (Wildman–Crippen MR) is 380 cm³/mol. The van der Waals surface area contributed by atoms with Crippen molar-refractivity contribution in [2.45, 2.75) is 264 Å². The Balaban J connectivity index is 4.11. The molecule has 0 aromatic rings. The van der Waals surface area contributed by atoms with Gasteiger partial charge in [0.2, 0.25) is 0 Å². The molecular formula is C78H129NO8P+. The van der Waals surface area contributed by atoms with Crippen LogP contribution in [-0.2, 0) is 32.7 Å². The van der Waals surface area contributed by atoms with E-state index in [1.54, 1.807) is 0 Å². The summed E-state index contributed by atoms with van der Waals surface area (Å²) in [5.74, 6) is -0.822. The molecule has 0 bridgehead atoms.